The van der Waals surface area contributed by atoms with Crippen LogP contribution in [0.15, 0.2) is 82.8 Å². The van der Waals surface area contributed by atoms with Gasteiger partial charge in [0.25, 0.3) is 10.0 Å². The second kappa shape index (κ2) is 10.1. The number of anilines is 3. The minimum Gasteiger partial charge on any atom is -0.372 e. The van der Waals surface area contributed by atoms with Crippen LogP contribution in [0.3, 0.4) is 0 Å². The molecule has 0 aliphatic heterocycles. The average molecular weight is 437 g/mol. The van der Waals surface area contributed by atoms with Gasteiger partial charge in [0.05, 0.1) is 16.8 Å². The van der Waals surface area contributed by atoms with E-state index in [9.17, 15) is 8.42 Å². The highest BCUT2D eigenvalue weighted by atomic mass is 32.2. The van der Waals surface area contributed by atoms with E-state index in [2.05, 4.69) is 46.1 Å². The normalized spacial score (nSPS) is 11.5. The third-order valence-corrected chi connectivity index (χ3v) is 6.29. The minimum absolute atomic E-state index is 0.233. The van der Waals surface area contributed by atoms with E-state index in [0.29, 0.717) is 5.69 Å². The smallest absolute Gasteiger partial charge is 0.261 e. The van der Waals surface area contributed by atoms with Crippen LogP contribution < -0.4 is 15.0 Å². The first-order valence-electron chi connectivity index (χ1n) is 10.2. The van der Waals surface area contributed by atoms with Gasteiger partial charge in [-0.1, -0.05) is 29.8 Å². The summed E-state index contributed by atoms with van der Waals surface area (Å²) in [5, 5.41) is 4.26. The van der Waals surface area contributed by atoms with Gasteiger partial charge in [-0.3, -0.25) is 10.1 Å². The van der Waals surface area contributed by atoms with E-state index < -0.39 is 10.0 Å². The summed E-state index contributed by atoms with van der Waals surface area (Å²) in [7, 11) is -3.61. The number of nitrogens with zero attached hydrogens (tertiary/aromatic N) is 2. The first kappa shape index (κ1) is 22.4. The van der Waals surface area contributed by atoms with Crippen molar-refractivity contribution in [3.05, 3.63) is 83.9 Å². The van der Waals surface area contributed by atoms with E-state index >= 15 is 0 Å². The molecule has 162 valence electrons. The Bertz CT molecular complexity index is 1100. The molecule has 0 bridgehead atoms. The number of hydrogen-bond donors (Lipinski definition) is 2. The molecule has 6 nitrogen and oxygen atoms in total. The molecule has 0 atom stereocenters. The largest absolute Gasteiger partial charge is 0.372 e. The van der Waals surface area contributed by atoms with Crippen molar-refractivity contribution < 1.29 is 8.42 Å². The van der Waals surface area contributed by atoms with E-state index in [1.54, 1.807) is 54.7 Å². The van der Waals surface area contributed by atoms with Gasteiger partial charge >= 0.3 is 0 Å². The van der Waals surface area contributed by atoms with Crippen LogP contribution in [0.25, 0.3) is 0 Å². The predicted octanol–water partition coefficient (Wildman–Crippen LogP) is 5.09. The molecule has 3 aromatic rings. The van der Waals surface area contributed by atoms with Crippen LogP contribution in [-0.4, -0.2) is 27.7 Å². The number of hydrazone groups is 1. The molecule has 2 N–H and O–H groups in total. The highest BCUT2D eigenvalue weighted by molar-refractivity contribution is 7.92. The fourth-order valence-corrected chi connectivity index (χ4v) is 4.14. The first-order chi connectivity index (χ1) is 14.9. The highest BCUT2D eigenvalue weighted by Crippen LogP contribution is 2.19. The van der Waals surface area contributed by atoms with Crippen molar-refractivity contribution in [3.8, 4) is 0 Å². The first-order valence-corrected chi connectivity index (χ1v) is 11.7. The molecule has 0 aromatic heterocycles. The van der Waals surface area contributed by atoms with Crippen LogP contribution in [0, 0.1) is 6.92 Å². The monoisotopic (exact) mass is 436 g/mol. The number of hydrogen-bond acceptors (Lipinski definition) is 5. The molecular formula is C24H28N4O2S. The Morgan fingerprint density at radius 3 is 2.00 bits per heavy atom. The van der Waals surface area contributed by atoms with E-state index in [1.807, 2.05) is 19.1 Å². The third kappa shape index (κ3) is 6.08. The molecule has 3 rings (SSSR count). The number of rotatable bonds is 9. The van der Waals surface area contributed by atoms with E-state index in [-0.39, 0.29) is 4.90 Å². The minimum atomic E-state index is -3.61. The van der Waals surface area contributed by atoms with Crippen LogP contribution in [0.2, 0.25) is 0 Å². The molecule has 0 unspecified atom stereocenters. The van der Waals surface area contributed by atoms with Gasteiger partial charge in [0.2, 0.25) is 0 Å². The Hall–Kier alpha value is -3.32. The lowest BCUT2D eigenvalue weighted by Gasteiger charge is -2.20. The summed E-state index contributed by atoms with van der Waals surface area (Å²) in [6.45, 7) is 8.15. The standard InChI is InChI=1S/C24H28N4O2S/c1-4-28(5-2)23-14-8-20(9-15-23)18-25-26-21-10-12-22(13-11-21)27-31(29,30)24-16-6-19(3)7-17-24/h6-18,26-27H,4-5H2,1-3H3/b25-18+. The Kier molecular flexibility index (Phi) is 7.31. The van der Waals surface area contributed by atoms with Crippen LogP contribution in [0.4, 0.5) is 17.1 Å². The van der Waals surface area contributed by atoms with Crippen molar-refractivity contribution in [3.63, 3.8) is 0 Å². The zero-order chi connectivity index (χ0) is 22.3. The molecule has 0 amide bonds. The summed E-state index contributed by atoms with van der Waals surface area (Å²) in [6.07, 6.45) is 1.75. The number of sulfonamides is 1. The molecule has 3 aromatic carbocycles. The Morgan fingerprint density at radius 2 is 1.42 bits per heavy atom. The van der Waals surface area contributed by atoms with Gasteiger partial charge in [-0.15, -0.1) is 0 Å². The number of aryl methyl sites for hydroxylation is 1. The van der Waals surface area contributed by atoms with E-state index in [1.165, 1.54) is 5.69 Å². The summed E-state index contributed by atoms with van der Waals surface area (Å²) in [5.74, 6) is 0. The van der Waals surface area contributed by atoms with Gasteiger partial charge in [-0.05, 0) is 74.9 Å². The molecule has 31 heavy (non-hydrogen) atoms. The van der Waals surface area contributed by atoms with Gasteiger partial charge in [-0.25, -0.2) is 8.42 Å². The van der Waals surface area contributed by atoms with E-state index in [0.717, 1.165) is 29.9 Å². The molecule has 0 aliphatic rings. The lowest BCUT2D eigenvalue weighted by molar-refractivity contribution is 0.601. The second-order valence-electron chi connectivity index (χ2n) is 7.13. The topological polar surface area (TPSA) is 73.8 Å². The second-order valence-corrected chi connectivity index (χ2v) is 8.81. The third-order valence-electron chi connectivity index (χ3n) is 4.90. The summed E-state index contributed by atoms with van der Waals surface area (Å²) < 4.78 is 27.5. The lowest BCUT2D eigenvalue weighted by Crippen LogP contribution is -2.21. The van der Waals surface area contributed by atoms with Crippen molar-refractivity contribution in [1.82, 2.24) is 0 Å². The molecule has 0 saturated carbocycles. The van der Waals surface area contributed by atoms with Crippen LogP contribution in [-0.2, 0) is 10.0 Å². The predicted molar refractivity (Wildman–Crippen MR) is 130 cm³/mol. The molecule has 0 aliphatic carbocycles. The summed E-state index contributed by atoms with van der Waals surface area (Å²) >= 11 is 0. The maximum atomic E-state index is 12.5. The van der Waals surface area contributed by atoms with Crippen molar-refractivity contribution in [2.45, 2.75) is 25.7 Å². The van der Waals surface area contributed by atoms with Gasteiger partial charge in [-0.2, -0.15) is 5.10 Å². The maximum absolute atomic E-state index is 12.5. The fraction of sp³-hybridized carbons (Fsp3) is 0.208. The van der Waals surface area contributed by atoms with Gasteiger partial charge in [0.1, 0.15) is 0 Å². The molecule has 0 radical (unpaired) electrons. The van der Waals surface area contributed by atoms with E-state index in [4.69, 9.17) is 0 Å². The Morgan fingerprint density at radius 1 is 0.839 bits per heavy atom. The van der Waals surface area contributed by atoms with Gasteiger partial charge < -0.3 is 4.90 Å². The Balaban J connectivity index is 1.58. The fourth-order valence-electron chi connectivity index (χ4n) is 3.09. The zero-order valence-electron chi connectivity index (χ0n) is 18.0. The summed E-state index contributed by atoms with van der Waals surface area (Å²) in [6, 6.07) is 21.9. The molecular weight excluding hydrogens is 408 g/mol. The van der Waals surface area contributed by atoms with Crippen LogP contribution in [0.1, 0.15) is 25.0 Å². The quantitative estimate of drug-likeness (QED) is 0.362. The molecule has 0 fully saturated rings. The maximum Gasteiger partial charge on any atom is 0.261 e. The number of benzene rings is 3. The lowest BCUT2D eigenvalue weighted by atomic mass is 10.2. The van der Waals surface area contributed by atoms with Gasteiger partial charge in [0.15, 0.2) is 0 Å². The van der Waals surface area contributed by atoms with Crippen LogP contribution >= 0.6 is 0 Å². The van der Waals surface area contributed by atoms with Crippen molar-refractivity contribution in [2.24, 2.45) is 5.10 Å². The number of nitrogens with one attached hydrogen (secondary N) is 2. The molecule has 0 saturated heterocycles. The molecule has 7 heteroatoms. The SMILES string of the molecule is CCN(CC)c1ccc(/C=N/Nc2ccc(NS(=O)(=O)c3ccc(C)cc3)cc2)cc1. The van der Waals surface area contributed by atoms with Gasteiger partial charge in [0, 0.05) is 24.5 Å². The average Bonchev–Trinajstić information content (AvgIpc) is 2.77. The summed E-state index contributed by atoms with van der Waals surface area (Å²) in [5.41, 5.74) is 7.40. The molecule has 0 heterocycles. The Labute approximate surface area is 184 Å². The van der Waals surface area contributed by atoms with Crippen molar-refractivity contribution in [2.75, 3.05) is 28.1 Å². The van der Waals surface area contributed by atoms with Crippen LogP contribution in [0.5, 0.6) is 0 Å². The van der Waals surface area contributed by atoms with Crippen molar-refractivity contribution >= 4 is 33.3 Å². The highest BCUT2D eigenvalue weighted by Gasteiger charge is 2.13. The molecule has 0 spiro atoms. The zero-order valence-corrected chi connectivity index (χ0v) is 18.9. The summed E-state index contributed by atoms with van der Waals surface area (Å²) in [4.78, 5) is 2.52. The van der Waals surface area contributed by atoms with Crippen molar-refractivity contribution in [1.29, 1.82) is 0 Å².